The maximum Gasteiger partial charge on any atom is 0.260 e. The molecular weight excluding hydrogens is 446 g/mol. The van der Waals surface area contributed by atoms with Gasteiger partial charge in [-0.1, -0.05) is 0 Å². The number of fused-ring (bicyclic) bond motifs is 1. The first-order valence-electron chi connectivity index (χ1n) is 10.9. The van der Waals surface area contributed by atoms with Gasteiger partial charge >= 0.3 is 0 Å². The van der Waals surface area contributed by atoms with Gasteiger partial charge in [0.2, 0.25) is 5.91 Å². The summed E-state index contributed by atoms with van der Waals surface area (Å²) in [6.07, 6.45) is 0. The fourth-order valence-corrected chi connectivity index (χ4v) is 6.17. The van der Waals surface area contributed by atoms with Gasteiger partial charge in [0.25, 0.3) is 5.56 Å². The number of aryl methyl sites for hydroxylation is 1. The highest BCUT2D eigenvalue weighted by molar-refractivity contribution is 7.19. The monoisotopic (exact) mass is 473 g/mol. The number of hydrogen-bond acceptors (Lipinski definition) is 8. The highest BCUT2D eigenvalue weighted by atomic mass is 32.1. The molecule has 2 fully saturated rings. The molecule has 2 saturated heterocycles. The van der Waals surface area contributed by atoms with Crippen molar-refractivity contribution in [1.29, 1.82) is 0 Å². The van der Waals surface area contributed by atoms with E-state index in [1.165, 1.54) is 16.2 Å². The predicted molar refractivity (Wildman–Crippen MR) is 127 cm³/mol. The fraction of sp³-hybridized carbons (Fsp3) is 0.500. The minimum atomic E-state index is -0.0675. The molecule has 32 heavy (non-hydrogen) atoms. The van der Waals surface area contributed by atoms with Crippen molar-refractivity contribution in [3.05, 3.63) is 38.6 Å². The van der Waals surface area contributed by atoms with Crippen LogP contribution in [0.25, 0.3) is 20.7 Å². The number of piperazine rings is 1. The van der Waals surface area contributed by atoms with Crippen molar-refractivity contribution in [3.8, 4) is 10.4 Å². The molecule has 0 aromatic carbocycles. The Balaban J connectivity index is 1.20. The maximum absolute atomic E-state index is 12.9. The lowest BCUT2D eigenvalue weighted by Crippen LogP contribution is -2.51. The number of ether oxygens (including phenoxy) is 1. The molecule has 3 aromatic heterocycles. The van der Waals surface area contributed by atoms with E-state index in [0.29, 0.717) is 50.6 Å². The van der Waals surface area contributed by atoms with Crippen LogP contribution in [0.4, 0.5) is 0 Å². The number of carbonyl (C=O) groups excluding carboxylic acids is 1. The fourth-order valence-electron chi connectivity index (χ4n) is 4.25. The highest BCUT2D eigenvalue weighted by Gasteiger charge is 2.23. The molecule has 10 heteroatoms. The molecule has 1 N–H and O–H groups in total. The lowest BCUT2D eigenvalue weighted by Gasteiger charge is -2.35. The number of aromatic nitrogens is 2. The molecule has 0 saturated carbocycles. The summed E-state index contributed by atoms with van der Waals surface area (Å²) in [5.74, 6) is 0.892. The van der Waals surface area contributed by atoms with Crippen molar-refractivity contribution >= 4 is 38.8 Å². The lowest BCUT2D eigenvalue weighted by molar-refractivity contribution is -0.136. The van der Waals surface area contributed by atoms with E-state index in [4.69, 9.17) is 9.72 Å². The van der Waals surface area contributed by atoms with Crippen LogP contribution < -0.4 is 5.56 Å². The molecule has 0 atom stereocenters. The van der Waals surface area contributed by atoms with Crippen molar-refractivity contribution in [2.24, 2.45) is 0 Å². The van der Waals surface area contributed by atoms with Crippen LogP contribution in [0.3, 0.4) is 0 Å². The van der Waals surface area contributed by atoms with E-state index in [0.717, 1.165) is 41.5 Å². The van der Waals surface area contributed by atoms with Crippen LogP contribution in [0.5, 0.6) is 0 Å². The SMILES string of the molecule is Cc1ccc(-c2csc3nc(CN4CCN(CC(=O)N5CCOCC5)CC4)[nH]c(=O)c23)s1. The Kier molecular flexibility index (Phi) is 6.38. The molecule has 0 unspecified atom stereocenters. The van der Waals surface area contributed by atoms with Crippen molar-refractivity contribution in [2.75, 3.05) is 59.0 Å². The van der Waals surface area contributed by atoms with Crippen molar-refractivity contribution in [2.45, 2.75) is 13.5 Å². The van der Waals surface area contributed by atoms with Crippen molar-refractivity contribution in [3.63, 3.8) is 0 Å². The van der Waals surface area contributed by atoms with Gasteiger partial charge in [0, 0.05) is 60.0 Å². The molecule has 0 spiro atoms. The summed E-state index contributed by atoms with van der Waals surface area (Å²) in [6.45, 7) is 9.17. The largest absolute Gasteiger partial charge is 0.378 e. The number of aromatic amines is 1. The predicted octanol–water partition coefficient (Wildman–Crippen LogP) is 2.00. The minimum Gasteiger partial charge on any atom is -0.378 e. The Labute approximate surface area is 194 Å². The molecule has 0 radical (unpaired) electrons. The van der Waals surface area contributed by atoms with Gasteiger partial charge in [-0.25, -0.2) is 4.98 Å². The second kappa shape index (κ2) is 9.40. The van der Waals surface area contributed by atoms with Crippen LogP contribution in [0.1, 0.15) is 10.7 Å². The molecule has 1 amide bonds. The summed E-state index contributed by atoms with van der Waals surface area (Å²) in [6, 6.07) is 4.14. The smallest absolute Gasteiger partial charge is 0.260 e. The number of rotatable bonds is 5. The molecule has 8 nitrogen and oxygen atoms in total. The zero-order valence-electron chi connectivity index (χ0n) is 18.1. The maximum atomic E-state index is 12.9. The number of amides is 1. The third kappa shape index (κ3) is 4.65. The van der Waals surface area contributed by atoms with Gasteiger partial charge in [-0.2, -0.15) is 0 Å². The minimum absolute atomic E-state index is 0.0675. The number of thiophene rings is 2. The van der Waals surface area contributed by atoms with Crippen LogP contribution in [-0.4, -0.2) is 89.6 Å². The molecule has 3 aromatic rings. The zero-order chi connectivity index (χ0) is 22.1. The number of nitrogens with zero attached hydrogens (tertiary/aromatic N) is 4. The highest BCUT2D eigenvalue weighted by Crippen LogP contribution is 2.35. The summed E-state index contributed by atoms with van der Waals surface area (Å²) in [5, 5.41) is 2.72. The first kappa shape index (κ1) is 21.7. The number of H-pyrrole nitrogens is 1. The van der Waals surface area contributed by atoms with Crippen LogP contribution in [0.2, 0.25) is 0 Å². The zero-order valence-corrected chi connectivity index (χ0v) is 19.8. The second-order valence-electron chi connectivity index (χ2n) is 8.30. The third-order valence-electron chi connectivity index (χ3n) is 6.06. The molecule has 2 aliphatic heterocycles. The van der Waals surface area contributed by atoms with E-state index >= 15 is 0 Å². The van der Waals surface area contributed by atoms with Gasteiger partial charge in [0.05, 0.1) is 31.7 Å². The summed E-state index contributed by atoms with van der Waals surface area (Å²) in [7, 11) is 0. The number of carbonyl (C=O) groups is 1. The van der Waals surface area contributed by atoms with E-state index in [1.807, 2.05) is 10.3 Å². The Morgan fingerprint density at radius 3 is 2.59 bits per heavy atom. The summed E-state index contributed by atoms with van der Waals surface area (Å²) in [5.41, 5.74) is 0.906. The average Bonchev–Trinajstić information content (AvgIpc) is 3.42. The number of hydrogen-bond donors (Lipinski definition) is 1. The van der Waals surface area contributed by atoms with Gasteiger partial charge in [0.1, 0.15) is 10.7 Å². The van der Waals surface area contributed by atoms with E-state index in [1.54, 1.807) is 11.3 Å². The standard InChI is InChI=1S/C22H27N5O3S2/c1-15-2-3-17(32-15)16-14-31-22-20(16)21(29)23-18(24-22)12-25-4-6-26(7-5-25)13-19(28)27-8-10-30-11-9-27/h2-3,14H,4-13H2,1H3,(H,23,24,29). The topological polar surface area (TPSA) is 81.8 Å². The van der Waals surface area contributed by atoms with Crippen molar-refractivity contribution in [1.82, 2.24) is 24.7 Å². The summed E-state index contributed by atoms with van der Waals surface area (Å²) < 4.78 is 5.33. The van der Waals surface area contributed by atoms with Gasteiger partial charge in [-0.15, -0.1) is 22.7 Å². The first-order chi connectivity index (χ1) is 15.6. The normalized spacial score (nSPS) is 18.5. The van der Waals surface area contributed by atoms with E-state index in [2.05, 4.69) is 33.8 Å². The molecule has 5 heterocycles. The summed E-state index contributed by atoms with van der Waals surface area (Å²) >= 11 is 3.22. The third-order valence-corrected chi connectivity index (χ3v) is 7.97. The molecular formula is C22H27N5O3S2. The quantitative estimate of drug-likeness (QED) is 0.611. The first-order valence-corrected chi connectivity index (χ1v) is 12.6. The van der Waals surface area contributed by atoms with Crippen LogP contribution in [0, 0.1) is 6.92 Å². The van der Waals surface area contributed by atoms with Gasteiger partial charge in [-0.3, -0.25) is 19.4 Å². The summed E-state index contributed by atoms with van der Waals surface area (Å²) in [4.78, 5) is 42.6. The molecule has 0 bridgehead atoms. The van der Waals surface area contributed by atoms with Crippen molar-refractivity contribution < 1.29 is 9.53 Å². The molecule has 2 aliphatic rings. The van der Waals surface area contributed by atoms with Crippen LogP contribution in [-0.2, 0) is 16.1 Å². The molecule has 5 rings (SSSR count). The lowest BCUT2D eigenvalue weighted by atomic mass is 10.2. The number of nitrogens with one attached hydrogen (secondary N) is 1. The van der Waals surface area contributed by atoms with Gasteiger partial charge in [-0.05, 0) is 19.1 Å². The molecule has 0 aliphatic carbocycles. The Morgan fingerprint density at radius 2 is 1.88 bits per heavy atom. The van der Waals surface area contributed by atoms with Gasteiger partial charge in [0.15, 0.2) is 0 Å². The molecule has 170 valence electrons. The second-order valence-corrected chi connectivity index (χ2v) is 10.4. The number of morpholine rings is 1. The Hall–Kier alpha value is -2.11. The average molecular weight is 474 g/mol. The van der Waals surface area contributed by atoms with E-state index in [9.17, 15) is 9.59 Å². The van der Waals surface area contributed by atoms with E-state index in [-0.39, 0.29) is 11.5 Å². The van der Waals surface area contributed by atoms with Gasteiger partial charge < -0.3 is 14.6 Å². The van der Waals surface area contributed by atoms with E-state index < -0.39 is 0 Å². The van der Waals surface area contributed by atoms with Crippen LogP contribution >= 0.6 is 22.7 Å². The van der Waals surface area contributed by atoms with Crippen LogP contribution in [0.15, 0.2) is 22.3 Å². The Morgan fingerprint density at radius 1 is 1.12 bits per heavy atom. The Bertz CT molecular complexity index is 1160.